The second-order valence-corrected chi connectivity index (χ2v) is 5.49. The molecule has 0 saturated heterocycles. The van der Waals surface area contributed by atoms with Gasteiger partial charge in [0, 0.05) is 17.7 Å². The zero-order valence-corrected chi connectivity index (χ0v) is 13.8. The second-order valence-electron chi connectivity index (χ2n) is 5.49. The van der Waals surface area contributed by atoms with Crippen LogP contribution in [0.3, 0.4) is 0 Å². The Kier molecular flexibility index (Phi) is 4.96. The summed E-state index contributed by atoms with van der Waals surface area (Å²) in [7, 11) is 0. The topological polar surface area (TPSA) is 44.8 Å². The number of hydrogen-bond donors (Lipinski definition) is 0. The minimum atomic E-state index is -0.450. The molecule has 0 bridgehead atoms. The van der Waals surface area contributed by atoms with Gasteiger partial charge in [-0.3, -0.25) is 0 Å². The van der Waals surface area contributed by atoms with E-state index in [1.165, 1.54) is 0 Å². The first-order valence-electron chi connectivity index (χ1n) is 8.04. The molecule has 3 rings (SSSR count). The monoisotopic (exact) mass is 324 g/mol. The maximum atomic E-state index is 12.8. The van der Waals surface area contributed by atoms with E-state index in [1.54, 1.807) is 12.1 Å². The molecule has 4 nitrogen and oxygen atoms in total. The molecule has 24 heavy (non-hydrogen) atoms. The molecule has 0 aromatic heterocycles. The molecule has 0 N–H and O–H groups in total. The van der Waals surface area contributed by atoms with Crippen molar-refractivity contribution in [2.75, 3.05) is 6.61 Å². The molecule has 0 radical (unpaired) electrons. The van der Waals surface area contributed by atoms with Crippen molar-refractivity contribution < 1.29 is 19.0 Å². The van der Waals surface area contributed by atoms with Crippen LogP contribution < -0.4 is 4.74 Å². The summed E-state index contributed by atoms with van der Waals surface area (Å²) in [6.07, 6.45) is -0.424. The summed E-state index contributed by atoms with van der Waals surface area (Å²) < 4.78 is 17.0. The third kappa shape index (κ3) is 3.34. The summed E-state index contributed by atoms with van der Waals surface area (Å²) in [5.74, 6) is 0.594. The summed E-state index contributed by atoms with van der Waals surface area (Å²) in [4.78, 5) is 12.8. The lowest BCUT2D eigenvalue weighted by Gasteiger charge is -2.17. The van der Waals surface area contributed by atoms with E-state index in [9.17, 15) is 4.79 Å². The van der Waals surface area contributed by atoms with Gasteiger partial charge in [-0.25, -0.2) is 4.79 Å². The molecule has 1 atom stereocenters. The Hall–Kier alpha value is -2.59. The van der Waals surface area contributed by atoms with Gasteiger partial charge in [0.15, 0.2) is 0 Å². The van der Waals surface area contributed by atoms with Crippen LogP contribution in [-0.2, 0) is 20.9 Å². The maximum absolute atomic E-state index is 12.8. The van der Waals surface area contributed by atoms with Gasteiger partial charge in [0.1, 0.15) is 23.7 Å². The highest BCUT2D eigenvalue weighted by Crippen LogP contribution is 2.34. The van der Waals surface area contributed by atoms with Crippen molar-refractivity contribution >= 4 is 11.7 Å². The van der Waals surface area contributed by atoms with Crippen LogP contribution in [0.2, 0.25) is 0 Å². The zero-order valence-electron chi connectivity index (χ0n) is 13.8. The first-order valence-corrected chi connectivity index (χ1v) is 8.04. The zero-order chi connectivity index (χ0) is 16.9. The van der Waals surface area contributed by atoms with Gasteiger partial charge in [-0.15, -0.1) is 0 Å². The number of para-hydroxylation sites is 1. The Morgan fingerprint density at radius 2 is 1.83 bits per heavy atom. The molecule has 0 spiro atoms. The molecule has 2 aromatic carbocycles. The predicted octanol–water partition coefficient (Wildman–Crippen LogP) is 3.96. The van der Waals surface area contributed by atoms with Gasteiger partial charge < -0.3 is 14.2 Å². The Labute approximate surface area is 141 Å². The first-order chi connectivity index (χ1) is 11.7. The second kappa shape index (κ2) is 7.32. The van der Waals surface area contributed by atoms with E-state index in [1.807, 2.05) is 56.3 Å². The van der Waals surface area contributed by atoms with Crippen molar-refractivity contribution in [3.63, 3.8) is 0 Å². The molecule has 1 aliphatic rings. The van der Waals surface area contributed by atoms with E-state index in [0.29, 0.717) is 30.3 Å². The van der Waals surface area contributed by atoms with E-state index in [-0.39, 0.29) is 0 Å². The lowest BCUT2D eigenvalue weighted by molar-refractivity contribution is -0.131. The SMILES string of the molecule is CCOC(C)/C(C(=O)Oc1ccccc1)=C1\OCc2ccccc21. The fourth-order valence-electron chi connectivity index (χ4n) is 2.75. The molecule has 2 aromatic rings. The van der Waals surface area contributed by atoms with E-state index >= 15 is 0 Å². The van der Waals surface area contributed by atoms with Gasteiger partial charge in [-0.2, -0.15) is 0 Å². The van der Waals surface area contributed by atoms with Crippen LogP contribution in [0, 0.1) is 0 Å². The molecule has 0 fully saturated rings. The molecule has 1 heterocycles. The third-order valence-electron chi connectivity index (χ3n) is 3.88. The minimum Gasteiger partial charge on any atom is -0.488 e. The van der Waals surface area contributed by atoms with E-state index in [0.717, 1.165) is 11.1 Å². The highest BCUT2D eigenvalue weighted by Gasteiger charge is 2.30. The smallest absolute Gasteiger partial charge is 0.345 e. The van der Waals surface area contributed by atoms with E-state index in [2.05, 4.69) is 0 Å². The van der Waals surface area contributed by atoms with Crippen molar-refractivity contribution in [2.45, 2.75) is 26.6 Å². The van der Waals surface area contributed by atoms with Crippen LogP contribution in [0.5, 0.6) is 5.75 Å². The third-order valence-corrected chi connectivity index (χ3v) is 3.88. The number of hydrogen-bond acceptors (Lipinski definition) is 4. The van der Waals surface area contributed by atoms with Crippen molar-refractivity contribution in [3.8, 4) is 5.75 Å². The Bertz CT molecular complexity index is 749. The average molecular weight is 324 g/mol. The van der Waals surface area contributed by atoms with E-state index in [4.69, 9.17) is 14.2 Å². The molecule has 1 aliphatic heterocycles. The quantitative estimate of drug-likeness (QED) is 0.474. The lowest BCUT2D eigenvalue weighted by Crippen LogP contribution is -2.24. The number of rotatable bonds is 5. The van der Waals surface area contributed by atoms with Gasteiger partial charge in [0.25, 0.3) is 0 Å². The largest absolute Gasteiger partial charge is 0.488 e. The summed E-state index contributed by atoms with van der Waals surface area (Å²) in [6.45, 7) is 4.68. The standard InChI is InChI=1S/C20H20O4/c1-3-22-14(2)18(20(21)24-16-10-5-4-6-11-16)19-17-12-8-7-9-15(17)13-23-19/h4-12,14H,3,13H2,1-2H3/b19-18+. The van der Waals surface area contributed by atoms with Crippen LogP contribution in [0.25, 0.3) is 5.76 Å². The number of esters is 1. The molecule has 0 aliphatic carbocycles. The number of carbonyl (C=O) groups is 1. The molecular formula is C20H20O4. The number of fused-ring (bicyclic) bond motifs is 1. The van der Waals surface area contributed by atoms with Crippen LogP contribution in [0.4, 0.5) is 0 Å². The van der Waals surface area contributed by atoms with Crippen molar-refractivity contribution in [1.29, 1.82) is 0 Å². The van der Waals surface area contributed by atoms with Gasteiger partial charge in [0.05, 0.1) is 6.10 Å². The van der Waals surface area contributed by atoms with Gasteiger partial charge in [-0.1, -0.05) is 42.5 Å². The van der Waals surface area contributed by atoms with Crippen LogP contribution in [0.15, 0.2) is 60.2 Å². The summed E-state index contributed by atoms with van der Waals surface area (Å²) in [6, 6.07) is 16.8. The molecule has 4 heteroatoms. The number of benzene rings is 2. The molecular weight excluding hydrogens is 304 g/mol. The number of ether oxygens (including phenoxy) is 3. The molecule has 0 amide bonds. The fourth-order valence-corrected chi connectivity index (χ4v) is 2.75. The Morgan fingerprint density at radius 1 is 1.12 bits per heavy atom. The highest BCUT2D eigenvalue weighted by atomic mass is 16.5. The normalized spacial score (nSPS) is 16.1. The first kappa shape index (κ1) is 16.3. The molecule has 124 valence electrons. The lowest BCUT2D eigenvalue weighted by atomic mass is 10.0. The van der Waals surface area contributed by atoms with Crippen LogP contribution in [-0.4, -0.2) is 18.7 Å². The Morgan fingerprint density at radius 3 is 2.58 bits per heavy atom. The average Bonchev–Trinajstić information content (AvgIpc) is 3.00. The van der Waals surface area contributed by atoms with Crippen LogP contribution >= 0.6 is 0 Å². The minimum absolute atomic E-state index is 0.408. The number of carbonyl (C=O) groups excluding carboxylic acids is 1. The van der Waals surface area contributed by atoms with Gasteiger partial charge in [-0.05, 0) is 26.0 Å². The molecule has 1 unspecified atom stereocenters. The van der Waals surface area contributed by atoms with Crippen molar-refractivity contribution in [3.05, 3.63) is 71.3 Å². The fraction of sp³-hybridized carbons (Fsp3) is 0.250. The van der Waals surface area contributed by atoms with Crippen LogP contribution in [0.1, 0.15) is 25.0 Å². The van der Waals surface area contributed by atoms with E-state index < -0.39 is 12.1 Å². The van der Waals surface area contributed by atoms with Crippen molar-refractivity contribution in [1.82, 2.24) is 0 Å². The van der Waals surface area contributed by atoms with Crippen molar-refractivity contribution in [2.24, 2.45) is 0 Å². The summed E-state index contributed by atoms with van der Waals surface area (Å²) >= 11 is 0. The van der Waals surface area contributed by atoms with Gasteiger partial charge in [0.2, 0.25) is 0 Å². The van der Waals surface area contributed by atoms with Gasteiger partial charge >= 0.3 is 5.97 Å². The predicted molar refractivity (Wildman–Crippen MR) is 91.3 cm³/mol. The summed E-state index contributed by atoms with van der Waals surface area (Å²) in [5.41, 5.74) is 2.39. The molecule has 0 saturated carbocycles. The Balaban J connectivity index is 1.98. The summed E-state index contributed by atoms with van der Waals surface area (Å²) in [5, 5.41) is 0. The maximum Gasteiger partial charge on any atom is 0.345 e. The highest BCUT2D eigenvalue weighted by molar-refractivity contribution is 5.99.